The molecule has 0 unspecified atom stereocenters. The van der Waals surface area contributed by atoms with Gasteiger partial charge in [0.05, 0.1) is 19.5 Å². The van der Waals surface area contributed by atoms with E-state index in [1.807, 2.05) is 4.90 Å². The third-order valence-corrected chi connectivity index (χ3v) is 6.16. The van der Waals surface area contributed by atoms with Crippen molar-refractivity contribution in [1.82, 2.24) is 14.2 Å². The number of amides is 1. The number of rotatable bonds is 2. The van der Waals surface area contributed by atoms with Gasteiger partial charge in [0, 0.05) is 49.6 Å². The monoisotopic (exact) mass is 353 g/mol. The quantitative estimate of drug-likeness (QED) is 0.778. The molecule has 0 atom stereocenters. The molecule has 132 valence electrons. The smallest absolute Gasteiger partial charge is 0.253 e. The molecule has 1 spiro atoms. The second kappa shape index (κ2) is 6.78. The molecule has 1 aromatic rings. The maximum atomic E-state index is 12.5. The van der Waals surface area contributed by atoms with Crippen LogP contribution in [-0.4, -0.2) is 74.2 Å². The van der Waals surface area contributed by atoms with E-state index in [-0.39, 0.29) is 11.3 Å². The Kier molecular flexibility index (Phi) is 4.89. The topological polar surface area (TPSA) is 79.8 Å². The van der Waals surface area contributed by atoms with Crippen LogP contribution >= 0.6 is 0 Å². The van der Waals surface area contributed by atoms with Crippen molar-refractivity contribution in [3.05, 3.63) is 30.1 Å². The zero-order valence-corrected chi connectivity index (χ0v) is 14.7. The van der Waals surface area contributed by atoms with E-state index in [0.29, 0.717) is 45.0 Å². The predicted octanol–water partition coefficient (Wildman–Crippen LogP) is 0.596. The van der Waals surface area contributed by atoms with Crippen LogP contribution in [0.3, 0.4) is 0 Å². The van der Waals surface area contributed by atoms with Crippen LogP contribution in [0.1, 0.15) is 23.2 Å². The molecule has 1 aromatic heterocycles. The first-order chi connectivity index (χ1) is 11.4. The van der Waals surface area contributed by atoms with Gasteiger partial charge in [0.25, 0.3) is 5.91 Å². The highest BCUT2D eigenvalue weighted by Gasteiger charge is 2.41. The summed E-state index contributed by atoms with van der Waals surface area (Å²) in [5, 5.41) is 0. The molecule has 0 aliphatic carbocycles. The van der Waals surface area contributed by atoms with E-state index in [1.54, 1.807) is 24.5 Å². The van der Waals surface area contributed by atoms with Gasteiger partial charge in [0.2, 0.25) is 10.0 Å². The normalized spacial score (nSPS) is 22.3. The van der Waals surface area contributed by atoms with E-state index in [9.17, 15) is 13.2 Å². The summed E-state index contributed by atoms with van der Waals surface area (Å²) in [5.41, 5.74) is 0.435. The lowest BCUT2D eigenvalue weighted by Gasteiger charge is -2.42. The van der Waals surface area contributed by atoms with Crippen LogP contribution in [0.15, 0.2) is 24.5 Å². The molecule has 0 bridgehead atoms. The van der Waals surface area contributed by atoms with E-state index < -0.39 is 10.0 Å². The minimum absolute atomic E-state index is 0.00163. The van der Waals surface area contributed by atoms with Crippen LogP contribution in [0.4, 0.5) is 0 Å². The van der Waals surface area contributed by atoms with Crippen molar-refractivity contribution >= 4 is 15.9 Å². The third-order valence-electron chi connectivity index (χ3n) is 4.91. The van der Waals surface area contributed by atoms with Gasteiger partial charge < -0.3 is 9.64 Å². The second-order valence-corrected chi connectivity index (χ2v) is 8.66. The zero-order valence-electron chi connectivity index (χ0n) is 13.8. The first-order valence-corrected chi connectivity index (χ1v) is 9.97. The second-order valence-electron chi connectivity index (χ2n) is 6.68. The van der Waals surface area contributed by atoms with E-state index >= 15 is 0 Å². The van der Waals surface area contributed by atoms with Crippen molar-refractivity contribution in [1.29, 1.82) is 0 Å². The summed E-state index contributed by atoms with van der Waals surface area (Å²) in [4.78, 5) is 18.3. The SMILES string of the molecule is CS(=O)(=O)N1CCOCC2(CCN(C(=O)c3ccncc3)CC2)C1. The number of pyridine rings is 1. The highest BCUT2D eigenvalue weighted by atomic mass is 32.2. The van der Waals surface area contributed by atoms with Gasteiger partial charge in [-0.15, -0.1) is 0 Å². The molecule has 3 rings (SSSR count). The first-order valence-electron chi connectivity index (χ1n) is 8.12. The van der Waals surface area contributed by atoms with Gasteiger partial charge in [-0.2, -0.15) is 4.31 Å². The van der Waals surface area contributed by atoms with E-state index in [1.165, 1.54) is 10.6 Å². The van der Waals surface area contributed by atoms with Crippen molar-refractivity contribution in [3.8, 4) is 0 Å². The largest absolute Gasteiger partial charge is 0.379 e. The molecule has 3 heterocycles. The number of likely N-dealkylation sites (tertiary alicyclic amines) is 1. The number of ether oxygens (including phenoxy) is 1. The molecule has 0 saturated carbocycles. The number of aromatic nitrogens is 1. The Bertz CT molecular complexity index is 685. The minimum Gasteiger partial charge on any atom is -0.379 e. The molecule has 8 heteroatoms. The van der Waals surface area contributed by atoms with E-state index in [0.717, 1.165) is 12.8 Å². The van der Waals surface area contributed by atoms with Crippen molar-refractivity contribution in [3.63, 3.8) is 0 Å². The Morgan fingerprint density at radius 2 is 1.88 bits per heavy atom. The number of piperidine rings is 1. The van der Waals surface area contributed by atoms with Crippen LogP contribution in [0.5, 0.6) is 0 Å². The standard InChI is InChI=1S/C16H23N3O4S/c1-24(21,22)19-10-11-23-13-16(12-19)4-8-18(9-5-16)15(20)14-2-6-17-7-3-14/h2-3,6-7H,4-5,8-13H2,1H3. The number of hydrogen-bond acceptors (Lipinski definition) is 5. The maximum absolute atomic E-state index is 12.5. The van der Waals surface area contributed by atoms with Gasteiger partial charge in [0.15, 0.2) is 0 Å². The molecule has 2 fully saturated rings. The molecule has 2 aliphatic rings. The average molecular weight is 353 g/mol. The summed E-state index contributed by atoms with van der Waals surface area (Å²) in [6.45, 7) is 3.08. The van der Waals surface area contributed by atoms with Crippen LogP contribution in [0.25, 0.3) is 0 Å². The number of hydrogen-bond donors (Lipinski definition) is 0. The molecular weight excluding hydrogens is 330 g/mol. The Labute approximate surface area is 142 Å². The number of carbonyl (C=O) groups is 1. The van der Waals surface area contributed by atoms with Gasteiger partial charge in [-0.05, 0) is 25.0 Å². The lowest BCUT2D eigenvalue weighted by atomic mass is 9.79. The van der Waals surface area contributed by atoms with Crippen molar-refractivity contribution in [2.75, 3.05) is 45.6 Å². The molecule has 0 aromatic carbocycles. The van der Waals surface area contributed by atoms with Gasteiger partial charge in [-0.25, -0.2) is 8.42 Å². The van der Waals surface area contributed by atoms with E-state index in [4.69, 9.17) is 4.74 Å². The number of carbonyl (C=O) groups excluding carboxylic acids is 1. The Balaban J connectivity index is 1.68. The Morgan fingerprint density at radius 1 is 1.21 bits per heavy atom. The summed E-state index contributed by atoms with van der Waals surface area (Å²) in [7, 11) is -3.23. The Morgan fingerprint density at radius 3 is 2.50 bits per heavy atom. The first kappa shape index (κ1) is 17.3. The van der Waals surface area contributed by atoms with Crippen LogP contribution < -0.4 is 0 Å². The number of sulfonamides is 1. The number of nitrogens with zero attached hydrogens (tertiary/aromatic N) is 3. The lowest BCUT2D eigenvalue weighted by Crippen LogP contribution is -2.49. The third kappa shape index (κ3) is 3.76. The summed E-state index contributed by atoms with van der Waals surface area (Å²) < 4.78 is 31.0. The van der Waals surface area contributed by atoms with Gasteiger partial charge in [0.1, 0.15) is 0 Å². The fourth-order valence-electron chi connectivity index (χ4n) is 3.40. The van der Waals surface area contributed by atoms with E-state index in [2.05, 4.69) is 4.98 Å². The zero-order chi connectivity index (χ0) is 17.2. The fourth-order valence-corrected chi connectivity index (χ4v) is 4.32. The molecule has 0 radical (unpaired) electrons. The summed E-state index contributed by atoms with van der Waals surface area (Å²) in [6.07, 6.45) is 5.96. The molecule has 7 nitrogen and oxygen atoms in total. The minimum atomic E-state index is -3.23. The van der Waals surface area contributed by atoms with Crippen molar-refractivity contribution in [2.45, 2.75) is 12.8 Å². The van der Waals surface area contributed by atoms with Gasteiger partial charge >= 0.3 is 0 Å². The van der Waals surface area contributed by atoms with Crippen LogP contribution in [0.2, 0.25) is 0 Å². The van der Waals surface area contributed by atoms with Gasteiger partial charge in [-0.3, -0.25) is 9.78 Å². The summed E-state index contributed by atoms with van der Waals surface area (Å²) in [5.74, 6) is 0.00163. The molecule has 2 saturated heterocycles. The average Bonchev–Trinajstić information content (AvgIpc) is 2.79. The fraction of sp³-hybridized carbons (Fsp3) is 0.625. The highest BCUT2D eigenvalue weighted by Crippen LogP contribution is 2.35. The molecule has 24 heavy (non-hydrogen) atoms. The van der Waals surface area contributed by atoms with Crippen molar-refractivity contribution in [2.24, 2.45) is 5.41 Å². The highest BCUT2D eigenvalue weighted by molar-refractivity contribution is 7.88. The van der Waals surface area contributed by atoms with Crippen LogP contribution in [-0.2, 0) is 14.8 Å². The van der Waals surface area contributed by atoms with Crippen LogP contribution in [0, 0.1) is 5.41 Å². The Hall–Kier alpha value is -1.51. The molecule has 2 aliphatic heterocycles. The molecule has 0 N–H and O–H groups in total. The summed E-state index contributed by atoms with van der Waals surface area (Å²) in [6, 6.07) is 3.43. The van der Waals surface area contributed by atoms with Gasteiger partial charge in [-0.1, -0.05) is 0 Å². The summed E-state index contributed by atoms with van der Waals surface area (Å²) >= 11 is 0. The van der Waals surface area contributed by atoms with Crippen molar-refractivity contribution < 1.29 is 17.9 Å². The molecular formula is C16H23N3O4S. The maximum Gasteiger partial charge on any atom is 0.253 e. The molecule has 1 amide bonds. The lowest BCUT2D eigenvalue weighted by molar-refractivity contribution is 0.0179. The predicted molar refractivity (Wildman–Crippen MR) is 89.0 cm³/mol.